The van der Waals surface area contributed by atoms with Gasteiger partial charge in [0.2, 0.25) is 0 Å². The Hall–Kier alpha value is -1.36. The fraction of sp³-hybridized carbons (Fsp3) is 0.714. The molecule has 19 heavy (non-hydrogen) atoms. The lowest BCUT2D eigenvalue weighted by molar-refractivity contribution is 0.0819. The zero-order valence-corrected chi connectivity index (χ0v) is 12.2. The largest absolute Gasteiger partial charge is 0.486 e. The van der Waals surface area contributed by atoms with E-state index in [0.717, 1.165) is 31.8 Å². The molecule has 0 spiro atoms. The van der Waals surface area contributed by atoms with Gasteiger partial charge in [0, 0.05) is 13.2 Å². The van der Waals surface area contributed by atoms with Crippen LogP contribution in [0.25, 0.3) is 0 Å². The third-order valence-electron chi connectivity index (χ3n) is 2.44. The number of nitrogens with one attached hydrogen (secondary N) is 1. The van der Waals surface area contributed by atoms with Crippen molar-refractivity contribution in [2.75, 3.05) is 31.7 Å². The Bertz CT molecular complexity index is 345. The number of nitrogens with zero attached hydrogens (tertiary/aromatic N) is 2. The molecule has 0 bridgehead atoms. The number of hydrogen-bond donors (Lipinski definition) is 1. The van der Waals surface area contributed by atoms with E-state index in [9.17, 15) is 0 Å². The topological polar surface area (TPSA) is 56.3 Å². The molecule has 0 aliphatic rings. The number of rotatable bonds is 10. The number of anilines is 1. The molecule has 108 valence electrons. The normalized spacial score (nSPS) is 10.7. The minimum atomic E-state index is 0.516. The first-order valence-corrected chi connectivity index (χ1v) is 6.98. The predicted molar refractivity (Wildman–Crippen MR) is 76.6 cm³/mol. The highest BCUT2D eigenvalue weighted by molar-refractivity contribution is 5.47. The van der Waals surface area contributed by atoms with Gasteiger partial charge in [0.25, 0.3) is 0 Å². The van der Waals surface area contributed by atoms with Crippen molar-refractivity contribution in [1.29, 1.82) is 0 Å². The maximum Gasteiger partial charge on any atom is 0.179 e. The molecule has 0 aliphatic heterocycles. The predicted octanol–water partition coefficient (Wildman–Crippen LogP) is 2.74. The molecule has 0 saturated heterocycles. The molecular formula is C14H25N3O2. The van der Waals surface area contributed by atoms with Crippen molar-refractivity contribution < 1.29 is 9.47 Å². The van der Waals surface area contributed by atoms with Crippen LogP contribution in [0.3, 0.4) is 0 Å². The second-order valence-corrected chi connectivity index (χ2v) is 4.83. The van der Waals surface area contributed by atoms with E-state index < -0.39 is 0 Å². The minimum absolute atomic E-state index is 0.516. The second-order valence-electron chi connectivity index (χ2n) is 4.83. The molecule has 1 aromatic rings. The van der Waals surface area contributed by atoms with Gasteiger partial charge < -0.3 is 14.8 Å². The lowest BCUT2D eigenvalue weighted by Crippen LogP contribution is -2.12. The van der Waals surface area contributed by atoms with Crippen LogP contribution < -0.4 is 10.1 Å². The summed E-state index contributed by atoms with van der Waals surface area (Å²) in [4.78, 5) is 8.17. The van der Waals surface area contributed by atoms with Crippen LogP contribution >= 0.6 is 0 Å². The van der Waals surface area contributed by atoms with E-state index in [2.05, 4.69) is 36.1 Å². The van der Waals surface area contributed by atoms with E-state index in [-0.39, 0.29) is 0 Å². The van der Waals surface area contributed by atoms with Gasteiger partial charge in [0.05, 0.1) is 12.8 Å². The van der Waals surface area contributed by atoms with E-state index >= 15 is 0 Å². The highest BCUT2D eigenvalue weighted by Gasteiger charge is 2.04. The van der Waals surface area contributed by atoms with Gasteiger partial charge in [-0.1, -0.05) is 27.2 Å². The molecule has 1 rings (SSSR count). The summed E-state index contributed by atoms with van der Waals surface area (Å²) in [5, 5.41) is 3.26. The maximum atomic E-state index is 5.64. The van der Waals surface area contributed by atoms with Gasteiger partial charge in [-0.2, -0.15) is 0 Å². The van der Waals surface area contributed by atoms with Crippen LogP contribution in [-0.2, 0) is 4.74 Å². The van der Waals surface area contributed by atoms with Crippen LogP contribution in [0.1, 0.15) is 33.6 Å². The maximum absolute atomic E-state index is 5.64. The Morgan fingerprint density at radius 1 is 1.32 bits per heavy atom. The van der Waals surface area contributed by atoms with E-state index in [4.69, 9.17) is 9.47 Å². The molecule has 0 atom stereocenters. The summed E-state index contributed by atoms with van der Waals surface area (Å²) in [6.45, 7) is 9.17. The van der Waals surface area contributed by atoms with Gasteiger partial charge in [0.15, 0.2) is 11.6 Å². The molecule has 0 fully saturated rings. The lowest BCUT2D eigenvalue weighted by Gasteiger charge is -2.12. The van der Waals surface area contributed by atoms with Gasteiger partial charge in [-0.3, -0.25) is 0 Å². The summed E-state index contributed by atoms with van der Waals surface area (Å²) in [6, 6.07) is 0. The molecule has 1 heterocycles. The highest BCUT2D eigenvalue weighted by atomic mass is 16.5. The summed E-state index contributed by atoms with van der Waals surface area (Å²) in [5.74, 6) is 1.99. The molecule has 0 amide bonds. The highest BCUT2D eigenvalue weighted by Crippen LogP contribution is 2.19. The van der Waals surface area contributed by atoms with Gasteiger partial charge in [0.1, 0.15) is 12.9 Å². The first-order valence-electron chi connectivity index (χ1n) is 6.98. The van der Waals surface area contributed by atoms with Crippen molar-refractivity contribution in [3.8, 4) is 5.75 Å². The van der Waals surface area contributed by atoms with E-state index in [1.54, 1.807) is 6.20 Å². The SMILES string of the molecule is CCCCNc1ncncc1OCCOCC(C)C. The first-order chi connectivity index (χ1) is 9.24. The molecule has 0 unspecified atom stereocenters. The Kier molecular flexibility index (Phi) is 7.89. The number of aromatic nitrogens is 2. The van der Waals surface area contributed by atoms with Crippen LogP contribution in [0, 0.1) is 5.92 Å². The summed E-state index contributed by atoms with van der Waals surface area (Å²) < 4.78 is 11.1. The van der Waals surface area contributed by atoms with Crippen LogP contribution in [0.5, 0.6) is 5.75 Å². The Balaban J connectivity index is 2.31. The van der Waals surface area contributed by atoms with Crippen LogP contribution in [0.4, 0.5) is 5.82 Å². The molecular weight excluding hydrogens is 242 g/mol. The fourth-order valence-electron chi connectivity index (χ4n) is 1.47. The zero-order chi connectivity index (χ0) is 13.9. The molecule has 1 aromatic heterocycles. The van der Waals surface area contributed by atoms with Gasteiger partial charge in [-0.15, -0.1) is 0 Å². The van der Waals surface area contributed by atoms with Crippen LogP contribution in [0.15, 0.2) is 12.5 Å². The molecule has 5 nitrogen and oxygen atoms in total. The van der Waals surface area contributed by atoms with Gasteiger partial charge in [-0.05, 0) is 12.3 Å². The minimum Gasteiger partial charge on any atom is -0.486 e. The zero-order valence-electron chi connectivity index (χ0n) is 12.2. The van der Waals surface area contributed by atoms with Gasteiger partial charge >= 0.3 is 0 Å². The second kappa shape index (κ2) is 9.55. The number of unbranched alkanes of at least 4 members (excludes halogenated alkanes) is 1. The number of ether oxygens (including phenoxy) is 2. The third kappa shape index (κ3) is 6.96. The van der Waals surface area contributed by atoms with Gasteiger partial charge in [-0.25, -0.2) is 9.97 Å². The molecule has 0 aromatic carbocycles. The number of hydrogen-bond acceptors (Lipinski definition) is 5. The van der Waals surface area contributed by atoms with E-state index in [1.165, 1.54) is 6.33 Å². The lowest BCUT2D eigenvalue weighted by atomic mass is 10.2. The average molecular weight is 267 g/mol. The summed E-state index contributed by atoms with van der Waals surface area (Å²) in [7, 11) is 0. The Labute approximate surface area is 115 Å². The first kappa shape index (κ1) is 15.7. The fourth-order valence-corrected chi connectivity index (χ4v) is 1.47. The molecule has 0 aliphatic carbocycles. The summed E-state index contributed by atoms with van der Waals surface area (Å²) >= 11 is 0. The molecule has 0 radical (unpaired) electrons. The monoisotopic (exact) mass is 267 g/mol. The Morgan fingerprint density at radius 2 is 2.16 bits per heavy atom. The van der Waals surface area contributed by atoms with Crippen molar-refractivity contribution in [1.82, 2.24) is 9.97 Å². The smallest absolute Gasteiger partial charge is 0.179 e. The van der Waals surface area contributed by atoms with E-state index in [1.807, 2.05) is 0 Å². The van der Waals surface area contributed by atoms with Crippen molar-refractivity contribution in [3.05, 3.63) is 12.5 Å². The summed E-state index contributed by atoms with van der Waals surface area (Å²) in [5.41, 5.74) is 0. The Morgan fingerprint density at radius 3 is 2.89 bits per heavy atom. The molecule has 1 N–H and O–H groups in total. The standard InChI is InChI=1S/C14H25N3O2/c1-4-5-6-16-14-13(9-15-11-17-14)19-8-7-18-10-12(2)3/h9,11-12H,4-8,10H2,1-3H3,(H,15,16,17). The summed E-state index contributed by atoms with van der Waals surface area (Å²) in [6.07, 6.45) is 5.47. The third-order valence-corrected chi connectivity index (χ3v) is 2.44. The quantitative estimate of drug-likeness (QED) is 0.661. The van der Waals surface area contributed by atoms with E-state index in [0.29, 0.717) is 24.9 Å². The van der Waals surface area contributed by atoms with Crippen molar-refractivity contribution in [2.24, 2.45) is 5.92 Å². The average Bonchev–Trinajstić information content (AvgIpc) is 2.40. The molecule has 0 saturated carbocycles. The van der Waals surface area contributed by atoms with Crippen molar-refractivity contribution in [3.63, 3.8) is 0 Å². The molecule has 5 heteroatoms. The van der Waals surface area contributed by atoms with Crippen molar-refractivity contribution in [2.45, 2.75) is 33.6 Å². The van der Waals surface area contributed by atoms with Crippen molar-refractivity contribution >= 4 is 5.82 Å². The van der Waals surface area contributed by atoms with Crippen LogP contribution in [0.2, 0.25) is 0 Å². The van der Waals surface area contributed by atoms with Crippen LogP contribution in [-0.4, -0.2) is 36.3 Å².